The van der Waals surface area contributed by atoms with E-state index in [4.69, 9.17) is 4.74 Å². The first-order chi connectivity index (χ1) is 9.24. The minimum absolute atomic E-state index is 0.000463. The Bertz CT molecular complexity index is 545. The second kappa shape index (κ2) is 6.29. The quantitative estimate of drug-likeness (QED) is 0.897. The summed E-state index contributed by atoms with van der Waals surface area (Å²) in [6.45, 7) is 0. The molecule has 0 aliphatic heterocycles. The number of aromatic nitrogens is 1. The van der Waals surface area contributed by atoms with Crippen LogP contribution in [0.25, 0.3) is 0 Å². The maximum Gasteiger partial charge on any atom is 0.141 e. The SMILES string of the molecule is CNC(Cc1ccccc1OC)c1cncc(F)c1. The fraction of sp³-hybridized carbons (Fsp3) is 0.267. The second-order valence-corrected chi connectivity index (χ2v) is 4.29. The molecule has 0 aliphatic carbocycles. The first kappa shape index (κ1) is 13.5. The summed E-state index contributed by atoms with van der Waals surface area (Å²) >= 11 is 0. The van der Waals surface area contributed by atoms with Crippen LogP contribution in [0, 0.1) is 5.82 Å². The van der Waals surface area contributed by atoms with Gasteiger partial charge in [0.1, 0.15) is 11.6 Å². The average molecular weight is 260 g/mol. The highest BCUT2D eigenvalue weighted by Crippen LogP contribution is 2.24. The van der Waals surface area contributed by atoms with E-state index in [-0.39, 0.29) is 11.9 Å². The Balaban J connectivity index is 2.24. The molecule has 0 aliphatic rings. The monoisotopic (exact) mass is 260 g/mol. The van der Waals surface area contributed by atoms with Crippen molar-refractivity contribution in [1.82, 2.24) is 10.3 Å². The molecular formula is C15H17FN2O. The molecule has 19 heavy (non-hydrogen) atoms. The molecule has 100 valence electrons. The molecule has 1 aromatic heterocycles. The molecular weight excluding hydrogens is 243 g/mol. The zero-order chi connectivity index (χ0) is 13.7. The number of nitrogens with one attached hydrogen (secondary N) is 1. The molecule has 2 aromatic rings. The van der Waals surface area contributed by atoms with E-state index < -0.39 is 0 Å². The summed E-state index contributed by atoms with van der Waals surface area (Å²) in [6.07, 6.45) is 3.60. The van der Waals surface area contributed by atoms with E-state index in [1.54, 1.807) is 13.3 Å². The predicted octanol–water partition coefficient (Wildman–Crippen LogP) is 2.73. The number of hydrogen-bond acceptors (Lipinski definition) is 3. The van der Waals surface area contributed by atoms with E-state index in [2.05, 4.69) is 10.3 Å². The van der Waals surface area contributed by atoms with Crippen LogP contribution in [0.5, 0.6) is 5.75 Å². The number of pyridine rings is 1. The fourth-order valence-corrected chi connectivity index (χ4v) is 2.10. The molecule has 0 saturated carbocycles. The van der Waals surface area contributed by atoms with Gasteiger partial charge in [-0.25, -0.2) is 4.39 Å². The third-order valence-electron chi connectivity index (χ3n) is 3.09. The second-order valence-electron chi connectivity index (χ2n) is 4.29. The number of hydrogen-bond donors (Lipinski definition) is 1. The number of likely N-dealkylation sites (N-methyl/N-ethyl adjacent to an activating group) is 1. The van der Waals surface area contributed by atoms with Gasteiger partial charge >= 0.3 is 0 Å². The van der Waals surface area contributed by atoms with Crippen LogP contribution < -0.4 is 10.1 Å². The summed E-state index contributed by atoms with van der Waals surface area (Å²) in [5.41, 5.74) is 1.90. The minimum Gasteiger partial charge on any atom is -0.496 e. The number of halogens is 1. The average Bonchev–Trinajstić information content (AvgIpc) is 2.45. The largest absolute Gasteiger partial charge is 0.496 e. The van der Waals surface area contributed by atoms with Gasteiger partial charge in [0.2, 0.25) is 0 Å². The van der Waals surface area contributed by atoms with Crippen molar-refractivity contribution in [3.05, 3.63) is 59.7 Å². The number of ether oxygens (including phenoxy) is 1. The molecule has 1 aromatic carbocycles. The number of para-hydroxylation sites is 1. The molecule has 4 heteroatoms. The highest BCUT2D eigenvalue weighted by Gasteiger charge is 2.13. The first-order valence-electron chi connectivity index (χ1n) is 6.14. The van der Waals surface area contributed by atoms with Crippen molar-refractivity contribution in [2.24, 2.45) is 0 Å². The fourth-order valence-electron chi connectivity index (χ4n) is 2.10. The van der Waals surface area contributed by atoms with Crippen LogP contribution in [0.2, 0.25) is 0 Å². The van der Waals surface area contributed by atoms with Crippen molar-refractivity contribution < 1.29 is 9.13 Å². The van der Waals surface area contributed by atoms with Crippen LogP contribution in [0.1, 0.15) is 17.2 Å². The molecule has 0 fully saturated rings. The van der Waals surface area contributed by atoms with Gasteiger partial charge in [-0.1, -0.05) is 18.2 Å². The highest BCUT2D eigenvalue weighted by atomic mass is 19.1. The maximum absolute atomic E-state index is 13.2. The summed E-state index contributed by atoms with van der Waals surface area (Å²) < 4.78 is 18.6. The van der Waals surface area contributed by atoms with Gasteiger partial charge in [-0.3, -0.25) is 4.98 Å². The van der Waals surface area contributed by atoms with Crippen molar-refractivity contribution in [2.75, 3.05) is 14.2 Å². The summed E-state index contributed by atoms with van der Waals surface area (Å²) in [6, 6.07) is 9.33. The highest BCUT2D eigenvalue weighted by molar-refractivity contribution is 5.35. The molecule has 1 heterocycles. The van der Waals surface area contributed by atoms with Crippen LogP contribution >= 0.6 is 0 Å². The van der Waals surface area contributed by atoms with Gasteiger partial charge in [-0.2, -0.15) is 0 Å². The smallest absolute Gasteiger partial charge is 0.141 e. The Labute approximate surface area is 112 Å². The Morgan fingerprint density at radius 2 is 2.11 bits per heavy atom. The van der Waals surface area contributed by atoms with Gasteiger partial charge in [0, 0.05) is 12.2 Å². The lowest BCUT2D eigenvalue weighted by Gasteiger charge is -2.18. The van der Waals surface area contributed by atoms with E-state index in [1.807, 2.05) is 31.3 Å². The molecule has 1 unspecified atom stereocenters. The van der Waals surface area contributed by atoms with E-state index in [1.165, 1.54) is 12.3 Å². The molecule has 0 bridgehead atoms. The summed E-state index contributed by atoms with van der Waals surface area (Å²) in [7, 11) is 3.50. The zero-order valence-corrected chi connectivity index (χ0v) is 11.1. The summed E-state index contributed by atoms with van der Waals surface area (Å²) in [5.74, 6) is 0.518. The molecule has 0 saturated heterocycles. The molecule has 3 nitrogen and oxygen atoms in total. The maximum atomic E-state index is 13.2. The van der Waals surface area contributed by atoms with Crippen molar-refractivity contribution >= 4 is 0 Å². The number of methoxy groups -OCH3 is 1. The van der Waals surface area contributed by atoms with Crippen molar-refractivity contribution in [1.29, 1.82) is 0 Å². The zero-order valence-electron chi connectivity index (χ0n) is 11.1. The lowest BCUT2D eigenvalue weighted by molar-refractivity contribution is 0.406. The molecule has 0 spiro atoms. The van der Waals surface area contributed by atoms with Crippen LogP contribution in [0.4, 0.5) is 4.39 Å². The Hall–Kier alpha value is -1.94. The van der Waals surface area contributed by atoms with E-state index >= 15 is 0 Å². The first-order valence-corrected chi connectivity index (χ1v) is 6.14. The molecule has 1 N–H and O–H groups in total. The Kier molecular flexibility index (Phi) is 4.47. The van der Waals surface area contributed by atoms with Gasteiger partial charge in [0.25, 0.3) is 0 Å². The van der Waals surface area contributed by atoms with Crippen molar-refractivity contribution in [3.8, 4) is 5.75 Å². The summed E-state index contributed by atoms with van der Waals surface area (Å²) in [5, 5.41) is 3.18. The molecule has 2 rings (SSSR count). The summed E-state index contributed by atoms with van der Waals surface area (Å²) in [4.78, 5) is 3.89. The Morgan fingerprint density at radius 3 is 2.79 bits per heavy atom. The van der Waals surface area contributed by atoms with Crippen LogP contribution in [0.3, 0.4) is 0 Å². The molecule has 1 atom stereocenters. The van der Waals surface area contributed by atoms with Gasteiger partial charge in [-0.15, -0.1) is 0 Å². The van der Waals surface area contributed by atoms with Crippen molar-refractivity contribution in [2.45, 2.75) is 12.5 Å². The van der Waals surface area contributed by atoms with Crippen molar-refractivity contribution in [3.63, 3.8) is 0 Å². The van der Waals surface area contributed by atoms with E-state index in [0.717, 1.165) is 16.9 Å². The third-order valence-corrected chi connectivity index (χ3v) is 3.09. The van der Waals surface area contributed by atoms with E-state index in [0.29, 0.717) is 6.42 Å². The van der Waals surface area contributed by atoms with Gasteiger partial charge in [0.05, 0.1) is 13.3 Å². The van der Waals surface area contributed by atoms with Crippen LogP contribution in [-0.4, -0.2) is 19.1 Å². The molecule has 0 radical (unpaired) electrons. The minimum atomic E-state index is -0.322. The number of rotatable bonds is 5. The van der Waals surface area contributed by atoms with Crippen LogP contribution in [-0.2, 0) is 6.42 Å². The van der Waals surface area contributed by atoms with E-state index in [9.17, 15) is 4.39 Å². The topological polar surface area (TPSA) is 34.1 Å². The van der Waals surface area contributed by atoms with Gasteiger partial charge in [0.15, 0.2) is 0 Å². The Morgan fingerprint density at radius 1 is 1.32 bits per heavy atom. The predicted molar refractivity (Wildman–Crippen MR) is 72.7 cm³/mol. The lowest BCUT2D eigenvalue weighted by Crippen LogP contribution is -2.19. The van der Waals surface area contributed by atoms with Crippen LogP contribution in [0.15, 0.2) is 42.7 Å². The number of benzene rings is 1. The normalized spacial score (nSPS) is 12.2. The van der Waals surface area contributed by atoms with Gasteiger partial charge in [-0.05, 0) is 36.7 Å². The molecule has 0 amide bonds. The number of nitrogens with zero attached hydrogens (tertiary/aromatic N) is 1. The lowest BCUT2D eigenvalue weighted by atomic mass is 9.99. The van der Waals surface area contributed by atoms with Gasteiger partial charge < -0.3 is 10.1 Å². The standard InChI is InChI=1S/C15H17FN2O/c1-17-14(12-7-13(16)10-18-9-12)8-11-5-3-4-6-15(11)19-2/h3-7,9-10,14,17H,8H2,1-2H3. The third kappa shape index (κ3) is 3.29.